The number of carbonyl (C=O) groups is 3. The zero-order valence-corrected chi connectivity index (χ0v) is 18.8. The molecule has 10 nitrogen and oxygen atoms in total. The summed E-state index contributed by atoms with van der Waals surface area (Å²) in [7, 11) is 0. The number of thiocarbonyl (C=S) groups is 1. The highest BCUT2D eigenvalue weighted by Crippen LogP contribution is 2.30. The molecule has 3 rings (SSSR count). The second-order valence-corrected chi connectivity index (χ2v) is 8.45. The first-order valence-corrected chi connectivity index (χ1v) is 10.7. The van der Waals surface area contributed by atoms with Crippen molar-refractivity contribution in [2.24, 2.45) is 0 Å². The number of hydrogen-bond donors (Lipinski definition) is 2. The molecule has 0 aliphatic carbocycles. The van der Waals surface area contributed by atoms with Gasteiger partial charge in [0.05, 0.1) is 30.3 Å². The summed E-state index contributed by atoms with van der Waals surface area (Å²) in [5, 5.41) is 14.1. The largest absolute Gasteiger partial charge is 0.456 e. The van der Waals surface area contributed by atoms with Gasteiger partial charge in [-0.15, -0.1) is 10.2 Å². The zero-order chi connectivity index (χ0) is 23.3. The zero-order valence-electron chi connectivity index (χ0n) is 17.2. The molecule has 1 aliphatic heterocycles. The summed E-state index contributed by atoms with van der Waals surface area (Å²) >= 11 is 6.05. The average Bonchev–Trinajstić information content (AvgIpc) is 3.35. The molecular formula is C19H20FN5O5S2. The van der Waals surface area contributed by atoms with E-state index in [1.54, 1.807) is 13.0 Å². The minimum absolute atomic E-state index is 0.0632. The van der Waals surface area contributed by atoms with Crippen LogP contribution >= 0.6 is 23.6 Å². The number of nitrogens with one attached hydrogen (secondary N) is 2. The fraction of sp³-hybridized carbons (Fsp3) is 0.368. The maximum Gasteiger partial charge on any atom is 0.414 e. The number of carbonyl (C=O) groups excluding carboxylic acids is 3. The van der Waals surface area contributed by atoms with E-state index in [-0.39, 0.29) is 18.7 Å². The van der Waals surface area contributed by atoms with Gasteiger partial charge in [-0.1, -0.05) is 23.6 Å². The molecule has 1 fully saturated rings. The molecule has 1 aliphatic rings. The van der Waals surface area contributed by atoms with Gasteiger partial charge in [0.15, 0.2) is 11.6 Å². The van der Waals surface area contributed by atoms with E-state index in [9.17, 15) is 18.8 Å². The van der Waals surface area contributed by atoms with E-state index >= 15 is 0 Å². The van der Waals surface area contributed by atoms with Crippen LogP contribution < -0.4 is 15.5 Å². The summed E-state index contributed by atoms with van der Waals surface area (Å²) in [6.45, 7) is 3.25. The molecule has 1 atom stereocenters. The highest BCUT2D eigenvalue weighted by molar-refractivity contribution is 7.80. The van der Waals surface area contributed by atoms with Crippen molar-refractivity contribution in [2.75, 3.05) is 24.6 Å². The molecule has 0 unspecified atom stereocenters. The Kier molecular flexibility index (Phi) is 7.64. The molecule has 0 spiro atoms. The number of halogens is 1. The Hall–Kier alpha value is -3.19. The summed E-state index contributed by atoms with van der Waals surface area (Å²) < 4.78 is 24.6. The molecule has 0 radical (unpaired) electrons. The number of rotatable bonds is 8. The van der Waals surface area contributed by atoms with Crippen molar-refractivity contribution in [2.45, 2.75) is 26.5 Å². The lowest BCUT2D eigenvalue weighted by Gasteiger charge is -2.14. The first-order chi connectivity index (χ1) is 15.2. The summed E-state index contributed by atoms with van der Waals surface area (Å²) in [5.41, 5.74) is 0.575. The average molecular weight is 482 g/mol. The Labute approximate surface area is 192 Å². The lowest BCUT2D eigenvalue weighted by Crippen LogP contribution is -2.32. The van der Waals surface area contributed by atoms with E-state index in [2.05, 4.69) is 25.6 Å². The lowest BCUT2D eigenvalue weighted by atomic mass is 10.2. The fourth-order valence-electron chi connectivity index (χ4n) is 2.77. The predicted octanol–water partition coefficient (Wildman–Crippen LogP) is 1.79. The second kappa shape index (κ2) is 10.4. The molecule has 2 amide bonds. The Morgan fingerprint density at radius 1 is 1.34 bits per heavy atom. The Bertz CT molecular complexity index is 1050. The van der Waals surface area contributed by atoms with Gasteiger partial charge in [0.25, 0.3) is 5.91 Å². The maximum atomic E-state index is 14.8. The van der Waals surface area contributed by atoms with Crippen LogP contribution in [0.2, 0.25) is 0 Å². The van der Waals surface area contributed by atoms with E-state index in [1.165, 1.54) is 24.0 Å². The maximum absolute atomic E-state index is 14.8. The molecule has 0 saturated carbocycles. The molecule has 0 bridgehead atoms. The molecular weight excluding hydrogens is 461 g/mol. The molecule has 170 valence electrons. The van der Waals surface area contributed by atoms with Gasteiger partial charge in [-0.25, -0.2) is 9.18 Å². The van der Waals surface area contributed by atoms with Gasteiger partial charge >= 0.3 is 12.1 Å². The van der Waals surface area contributed by atoms with Gasteiger partial charge in [-0.2, -0.15) is 0 Å². The predicted molar refractivity (Wildman–Crippen MR) is 118 cm³/mol. The second-order valence-electron chi connectivity index (χ2n) is 6.78. The summed E-state index contributed by atoms with van der Waals surface area (Å²) in [6, 6.07) is 4.34. The first-order valence-electron chi connectivity index (χ1n) is 9.48. The summed E-state index contributed by atoms with van der Waals surface area (Å²) in [5.74, 6) is -1.62. The smallest absolute Gasteiger partial charge is 0.414 e. The molecule has 1 saturated heterocycles. The minimum atomic E-state index is -0.576. The van der Waals surface area contributed by atoms with Crippen LogP contribution in [0.15, 0.2) is 18.2 Å². The Morgan fingerprint density at radius 2 is 2.12 bits per heavy atom. The van der Waals surface area contributed by atoms with Gasteiger partial charge in [0, 0.05) is 12.5 Å². The minimum Gasteiger partial charge on any atom is -0.456 e. The fourth-order valence-corrected chi connectivity index (χ4v) is 3.66. The number of ether oxygens (including phenoxy) is 2. The number of esters is 1. The van der Waals surface area contributed by atoms with Crippen LogP contribution in [0, 0.1) is 5.82 Å². The molecule has 2 aromatic rings. The van der Waals surface area contributed by atoms with Crippen LogP contribution in [0.5, 0.6) is 0 Å². The van der Waals surface area contributed by atoms with Gasteiger partial charge < -0.3 is 20.1 Å². The van der Waals surface area contributed by atoms with Crippen molar-refractivity contribution in [1.29, 1.82) is 0 Å². The Morgan fingerprint density at radius 3 is 2.81 bits per heavy atom. The summed E-state index contributed by atoms with van der Waals surface area (Å²) in [6.07, 6.45) is -0.960. The van der Waals surface area contributed by atoms with Crippen molar-refractivity contribution in [3.05, 3.63) is 29.0 Å². The first kappa shape index (κ1) is 23.5. The van der Waals surface area contributed by atoms with Crippen molar-refractivity contribution in [3.63, 3.8) is 0 Å². The third-order valence-electron chi connectivity index (χ3n) is 4.26. The molecule has 2 N–H and O–H groups in total. The topological polar surface area (TPSA) is 123 Å². The van der Waals surface area contributed by atoms with Crippen LogP contribution in [0.1, 0.15) is 18.9 Å². The number of hydrogen-bond acceptors (Lipinski definition) is 9. The molecule has 13 heteroatoms. The highest BCUT2D eigenvalue weighted by atomic mass is 32.1. The lowest BCUT2D eigenvalue weighted by molar-refractivity contribution is -0.146. The van der Waals surface area contributed by atoms with Gasteiger partial charge in [0.1, 0.15) is 16.9 Å². The summed E-state index contributed by atoms with van der Waals surface area (Å²) in [4.78, 5) is 36.4. The van der Waals surface area contributed by atoms with E-state index in [4.69, 9.17) is 17.0 Å². The van der Waals surface area contributed by atoms with Crippen LogP contribution in [0.3, 0.4) is 0 Å². The third-order valence-corrected chi connectivity index (χ3v) is 5.36. The van der Waals surface area contributed by atoms with E-state index < -0.39 is 36.5 Å². The van der Waals surface area contributed by atoms with Gasteiger partial charge in [-0.05, 0) is 25.1 Å². The molecule has 1 aromatic heterocycles. The monoisotopic (exact) mass is 481 g/mol. The molecule has 2 heterocycles. The normalized spacial score (nSPS) is 15.3. The number of cyclic esters (lactones) is 1. The van der Waals surface area contributed by atoms with Crippen LogP contribution in [0.4, 0.5) is 14.9 Å². The van der Waals surface area contributed by atoms with Gasteiger partial charge in [0.2, 0.25) is 0 Å². The third kappa shape index (κ3) is 6.17. The van der Waals surface area contributed by atoms with Crippen molar-refractivity contribution < 1.29 is 28.2 Å². The van der Waals surface area contributed by atoms with Crippen LogP contribution in [-0.4, -0.2) is 59.0 Å². The van der Waals surface area contributed by atoms with E-state index in [1.807, 2.05) is 0 Å². The van der Waals surface area contributed by atoms with Crippen LogP contribution in [-0.2, 0) is 25.6 Å². The number of anilines is 1. The SMILES string of the molecule is CC(=O)OCC(=O)NCc1nnc(-c2ccc(N3C[C@@H](CNC(C)=S)OC3=O)cc2F)s1. The van der Waals surface area contributed by atoms with Crippen molar-refractivity contribution in [3.8, 4) is 10.6 Å². The van der Waals surface area contributed by atoms with E-state index in [0.717, 1.165) is 11.3 Å². The quantitative estimate of drug-likeness (QED) is 0.429. The van der Waals surface area contributed by atoms with E-state index in [0.29, 0.717) is 27.2 Å². The molecule has 32 heavy (non-hydrogen) atoms. The number of aromatic nitrogens is 2. The number of amides is 2. The molecule has 1 aromatic carbocycles. The Balaban J connectivity index is 1.62. The van der Waals surface area contributed by atoms with Gasteiger partial charge in [-0.3, -0.25) is 14.5 Å². The van der Waals surface area contributed by atoms with Crippen molar-refractivity contribution in [1.82, 2.24) is 20.8 Å². The standard InChI is InChI=1S/C19H20FN5O5S2/c1-10(31)21-6-13-8-25(19(28)30-13)12-3-4-14(15(20)5-12)18-24-23-17(32-18)7-22-16(27)9-29-11(2)26/h3-5,13H,6-9H2,1-2H3,(H,21,31)(H,22,27)/t13-/m1/s1. The number of benzene rings is 1. The number of nitrogens with zero attached hydrogens (tertiary/aromatic N) is 3. The highest BCUT2D eigenvalue weighted by Gasteiger charge is 2.32. The van der Waals surface area contributed by atoms with Crippen molar-refractivity contribution >= 4 is 52.2 Å². The van der Waals surface area contributed by atoms with Crippen LogP contribution in [0.25, 0.3) is 10.6 Å².